The minimum absolute atomic E-state index is 0.0389. The first-order chi connectivity index (χ1) is 7.54. The molecule has 16 heavy (non-hydrogen) atoms. The van der Waals surface area contributed by atoms with E-state index in [1.54, 1.807) is 11.1 Å². The van der Waals surface area contributed by atoms with Crippen LogP contribution in [0.1, 0.15) is 19.4 Å². The van der Waals surface area contributed by atoms with Crippen LogP contribution in [0.4, 0.5) is 0 Å². The lowest BCUT2D eigenvalue weighted by Gasteiger charge is -2.26. The molecule has 2 N–H and O–H groups in total. The van der Waals surface area contributed by atoms with E-state index in [9.17, 15) is 4.79 Å². The van der Waals surface area contributed by atoms with Crippen molar-refractivity contribution in [2.75, 3.05) is 6.54 Å². The summed E-state index contributed by atoms with van der Waals surface area (Å²) in [6.45, 7) is 4.56. The van der Waals surface area contributed by atoms with Gasteiger partial charge in [-0.3, -0.25) is 4.79 Å². The lowest BCUT2D eigenvalue weighted by atomic mass is 10.2. The van der Waals surface area contributed by atoms with Gasteiger partial charge in [0.25, 0.3) is 0 Å². The topological polar surface area (TPSA) is 59.2 Å². The third-order valence-electron chi connectivity index (χ3n) is 2.26. The van der Waals surface area contributed by atoms with Crippen LogP contribution in [0.2, 0.25) is 0 Å². The molecule has 0 saturated carbocycles. The highest BCUT2D eigenvalue weighted by atomic mass is 79.9. The number of hydrogen-bond acceptors (Lipinski definition) is 3. The molecule has 0 radical (unpaired) electrons. The summed E-state index contributed by atoms with van der Waals surface area (Å²) in [6, 6.07) is 3.94. The molecular weight excluding hydrogens is 270 g/mol. The minimum atomic E-state index is -0.0389. The molecule has 0 aromatic carbocycles. The zero-order valence-corrected chi connectivity index (χ0v) is 11.1. The van der Waals surface area contributed by atoms with Crippen LogP contribution >= 0.6 is 15.9 Å². The van der Waals surface area contributed by atoms with Crippen LogP contribution in [0.15, 0.2) is 22.9 Å². The van der Waals surface area contributed by atoms with Crippen LogP contribution in [0, 0.1) is 0 Å². The average molecular weight is 286 g/mol. The normalized spacial score (nSPS) is 10.6. The summed E-state index contributed by atoms with van der Waals surface area (Å²) in [4.78, 5) is 17.4. The fourth-order valence-electron chi connectivity index (χ4n) is 1.41. The molecule has 0 atom stereocenters. The molecule has 0 aliphatic rings. The first-order valence-corrected chi connectivity index (χ1v) is 5.94. The number of pyridine rings is 1. The number of nitrogens with zero attached hydrogens (tertiary/aromatic N) is 2. The van der Waals surface area contributed by atoms with E-state index in [1.165, 1.54) is 0 Å². The quantitative estimate of drug-likeness (QED) is 0.854. The monoisotopic (exact) mass is 285 g/mol. The number of carbonyl (C=O) groups is 1. The second-order valence-corrected chi connectivity index (χ2v) is 4.62. The molecule has 1 amide bonds. The van der Waals surface area contributed by atoms with E-state index in [2.05, 4.69) is 20.9 Å². The minimum Gasteiger partial charge on any atom is -0.335 e. The highest BCUT2D eigenvalue weighted by Gasteiger charge is 2.15. The maximum Gasteiger partial charge on any atom is 0.236 e. The van der Waals surface area contributed by atoms with Crippen LogP contribution in [0.3, 0.4) is 0 Å². The molecule has 0 spiro atoms. The fraction of sp³-hybridized carbons (Fsp3) is 0.455. The lowest BCUT2D eigenvalue weighted by molar-refractivity contribution is -0.132. The molecule has 0 saturated heterocycles. The van der Waals surface area contributed by atoms with Crippen LogP contribution < -0.4 is 5.73 Å². The third-order valence-corrected chi connectivity index (χ3v) is 2.70. The van der Waals surface area contributed by atoms with Gasteiger partial charge in [-0.25, -0.2) is 4.98 Å². The number of rotatable bonds is 4. The Morgan fingerprint density at radius 1 is 1.62 bits per heavy atom. The van der Waals surface area contributed by atoms with Crippen molar-refractivity contribution in [3.8, 4) is 0 Å². The Morgan fingerprint density at radius 2 is 2.31 bits per heavy atom. The summed E-state index contributed by atoms with van der Waals surface area (Å²) in [5, 5.41) is 0. The van der Waals surface area contributed by atoms with Gasteiger partial charge in [-0.1, -0.05) is 0 Å². The molecule has 1 aromatic rings. The molecule has 0 bridgehead atoms. The van der Waals surface area contributed by atoms with Crippen LogP contribution in [0.5, 0.6) is 0 Å². The Morgan fingerprint density at radius 3 is 2.81 bits per heavy atom. The maximum absolute atomic E-state index is 11.6. The average Bonchev–Trinajstić information content (AvgIpc) is 2.24. The van der Waals surface area contributed by atoms with E-state index in [-0.39, 0.29) is 18.5 Å². The van der Waals surface area contributed by atoms with Gasteiger partial charge in [-0.2, -0.15) is 0 Å². The van der Waals surface area contributed by atoms with E-state index in [0.717, 1.165) is 10.2 Å². The van der Waals surface area contributed by atoms with E-state index in [0.29, 0.717) is 6.54 Å². The van der Waals surface area contributed by atoms with E-state index in [4.69, 9.17) is 5.73 Å². The summed E-state index contributed by atoms with van der Waals surface area (Å²) >= 11 is 3.30. The molecule has 1 rings (SSSR count). The second kappa shape index (κ2) is 5.96. The SMILES string of the molecule is CC(C)N(Cc1ccnc(Br)c1)C(=O)CN. The highest BCUT2D eigenvalue weighted by molar-refractivity contribution is 9.10. The van der Waals surface area contributed by atoms with Crippen molar-refractivity contribution in [3.05, 3.63) is 28.5 Å². The number of aromatic nitrogens is 1. The van der Waals surface area contributed by atoms with Gasteiger partial charge in [0.2, 0.25) is 5.91 Å². The van der Waals surface area contributed by atoms with Crippen molar-refractivity contribution in [3.63, 3.8) is 0 Å². The first kappa shape index (κ1) is 13.1. The molecule has 5 heteroatoms. The molecule has 1 aromatic heterocycles. The van der Waals surface area contributed by atoms with Crippen molar-refractivity contribution in [2.45, 2.75) is 26.4 Å². The van der Waals surface area contributed by atoms with E-state index >= 15 is 0 Å². The number of halogens is 1. The second-order valence-electron chi connectivity index (χ2n) is 3.81. The van der Waals surface area contributed by atoms with Crippen molar-refractivity contribution in [1.29, 1.82) is 0 Å². The Bertz CT molecular complexity index is 368. The zero-order valence-electron chi connectivity index (χ0n) is 9.48. The smallest absolute Gasteiger partial charge is 0.236 e. The molecule has 0 aliphatic heterocycles. The van der Waals surface area contributed by atoms with Gasteiger partial charge in [-0.05, 0) is 47.5 Å². The Labute approximate surface area is 104 Å². The molecule has 4 nitrogen and oxygen atoms in total. The van der Waals surface area contributed by atoms with Gasteiger partial charge in [0.05, 0.1) is 6.54 Å². The number of hydrogen-bond donors (Lipinski definition) is 1. The standard InChI is InChI=1S/C11H16BrN3O/c1-8(2)15(11(16)6-13)7-9-3-4-14-10(12)5-9/h3-5,8H,6-7,13H2,1-2H3. The zero-order chi connectivity index (χ0) is 12.1. The van der Waals surface area contributed by atoms with Gasteiger partial charge in [-0.15, -0.1) is 0 Å². The largest absolute Gasteiger partial charge is 0.335 e. The molecule has 0 unspecified atom stereocenters. The summed E-state index contributed by atoms with van der Waals surface area (Å²) in [5.41, 5.74) is 6.42. The van der Waals surface area contributed by atoms with Crippen LogP contribution in [0.25, 0.3) is 0 Å². The predicted octanol–water partition coefficient (Wildman–Crippen LogP) is 1.54. The summed E-state index contributed by atoms with van der Waals surface area (Å²) in [7, 11) is 0. The Balaban J connectivity index is 2.79. The fourth-order valence-corrected chi connectivity index (χ4v) is 1.83. The van der Waals surface area contributed by atoms with Gasteiger partial charge in [0.15, 0.2) is 0 Å². The van der Waals surface area contributed by atoms with Crippen LogP contribution in [-0.4, -0.2) is 28.4 Å². The Hall–Kier alpha value is -0.940. The van der Waals surface area contributed by atoms with Gasteiger partial charge in [0.1, 0.15) is 4.60 Å². The predicted molar refractivity (Wildman–Crippen MR) is 66.7 cm³/mol. The molecule has 0 fully saturated rings. The van der Waals surface area contributed by atoms with Crippen molar-refractivity contribution < 1.29 is 4.79 Å². The van der Waals surface area contributed by atoms with Gasteiger partial charge in [0, 0.05) is 18.8 Å². The van der Waals surface area contributed by atoms with E-state index < -0.39 is 0 Å². The Kier molecular flexibility index (Phi) is 4.89. The summed E-state index contributed by atoms with van der Waals surface area (Å²) < 4.78 is 0.772. The number of nitrogens with two attached hydrogens (primary N) is 1. The number of carbonyl (C=O) groups excluding carboxylic acids is 1. The third kappa shape index (κ3) is 3.57. The van der Waals surface area contributed by atoms with Gasteiger partial charge < -0.3 is 10.6 Å². The van der Waals surface area contributed by atoms with E-state index in [1.807, 2.05) is 26.0 Å². The van der Waals surface area contributed by atoms with Crippen molar-refractivity contribution in [1.82, 2.24) is 9.88 Å². The molecule has 1 heterocycles. The van der Waals surface area contributed by atoms with Crippen LogP contribution in [-0.2, 0) is 11.3 Å². The number of amides is 1. The van der Waals surface area contributed by atoms with Crippen molar-refractivity contribution >= 4 is 21.8 Å². The maximum atomic E-state index is 11.6. The molecule has 0 aliphatic carbocycles. The molecular formula is C11H16BrN3O. The van der Waals surface area contributed by atoms with Crippen molar-refractivity contribution in [2.24, 2.45) is 5.73 Å². The summed E-state index contributed by atoms with van der Waals surface area (Å²) in [6.07, 6.45) is 1.71. The molecule has 88 valence electrons. The highest BCUT2D eigenvalue weighted by Crippen LogP contribution is 2.12. The summed E-state index contributed by atoms with van der Waals surface area (Å²) in [5.74, 6) is -0.0389. The van der Waals surface area contributed by atoms with Gasteiger partial charge >= 0.3 is 0 Å². The first-order valence-electron chi connectivity index (χ1n) is 5.14. The lowest BCUT2D eigenvalue weighted by Crippen LogP contribution is -2.40.